The lowest BCUT2D eigenvalue weighted by molar-refractivity contribution is 0.0257. The van der Waals surface area contributed by atoms with Crippen LogP contribution in [0.5, 0.6) is 0 Å². The molecule has 1 saturated heterocycles. The molecule has 3 unspecified atom stereocenters. The molecule has 25 heavy (non-hydrogen) atoms. The Morgan fingerprint density at radius 2 is 1.92 bits per heavy atom. The van der Waals surface area contributed by atoms with Crippen molar-refractivity contribution >= 4 is 0 Å². The number of aliphatic hydroxyl groups excluding tert-OH is 1. The van der Waals surface area contributed by atoms with E-state index in [9.17, 15) is 5.11 Å². The molecule has 0 bridgehead atoms. The molecular formula is C19H28N4O2. The van der Waals surface area contributed by atoms with Gasteiger partial charge in [-0.05, 0) is 39.8 Å². The first-order chi connectivity index (χ1) is 11.9. The molecule has 0 aliphatic carbocycles. The summed E-state index contributed by atoms with van der Waals surface area (Å²) in [4.78, 5) is 4.70. The van der Waals surface area contributed by atoms with Crippen LogP contribution in [-0.2, 0) is 0 Å². The van der Waals surface area contributed by atoms with E-state index in [-0.39, 0.29) is 12.1 Å². The van der Waals surface area contributed by atoms with E-state index >= 15 is 0 Å². The average molecular weight is 344 g/mol. The van der Waals surface area contributed by atoms with Gasteiger partial charge in [-0.2, -0.15) is 0 Å². The molecule has 0 saturated carbocycles. The van der Waals surface area contributed by atoms with Crippen molar-refractivity contribution in [3.63, 3.8) is 0 Å². The summed E-state index contributed by atoms with van der Waals surface area (Å²) in [7, 11) is 0. The monoisotopic (exact) mass is 344 g/mol. The summed E-state index contributed by atoms with van der Waals surface area (Å²) in [6.07, 6.45) is -0.292. The average Bonchev–Trinajstić information content (AvgIpc) is 3.06. The van der Waals surface area contributed by atoms with Gasteiger partial charge in [-0.3, -0.25) is 9.80 Å². The van der Waals surface area contributed by atoms with E-state index in [0.29, 0.717) is 17.8 Å². The van der Waals surface area contributed by atoms with Crippen molar-refractivity contribution in [2.24, 2.45) is 0 Å². The summed E-state index contributed by atoms with van der Waals surface area (Å²) in [5.41, 5.74) is 2.16. The van der Waals surface area contributed by atoms with Crippen LogP contribution in [0.1, 0.15) is 38.3 Å². The molecule has 6 nitrogen and oxygen atoms in total. The van der Waals surface area contributed by atoms with Crippen molar-refractivity contribution in [3.8, 4) is 11.5 Å². The minimum absolute atomic E-state index is 0.0860. The quantitative estimate of drug-likeness (QED) is 0.899. The normalized spacial score (nSPS) is 22.0. The maximum Gasteiger partial charge on any atom is 0.247 e. The minimum atomic E-state index is -0.292. The van der Waals surface area contributed by atoms with E-state index in [1.54, 1.807) is 0 Å². The lowest BCUT2D eigenvalue weighted by Crippen LogP contribution is -2.53. The Kier molecular flexibility index (Phi) is 5.51. The smallest absolute Gasteiger partial charge is 0.247 e. The molecule has 136 valence electrons. The largest absolute Gasteiger partial charge is 0.419 e. The van der Waals surface area contributed by atoms with Gasteiger partial charge in [-0.1, -0.05) is 17.7 Å². The topological polar surface area (TPSA) is 65.6 Å². The maximum atomic E-state index is 9.62. The predicted octanol–water partition coefficient (Wildman–Crippen LogP) is 2.49. The molecule has 3 atom stereocenters. The van der Waals surface area contributed by atoms with E-state index in [1.807, 2.05) is 31.2 Å². The molecule has 6 heteroatoms. The lowest BCUT2D eigenvalue weighted by Gasteiger charge is -2.42. The molecule has 1 fully saturated rings. The van der Waals surface area contributed by atoms with Crippen LogP contribution >= 0.6 is 0 Å². The molecular weight excluding hydrogens is 316 g/mol. The van der Waals surface area contributed by atoms with Crippen molar-refractivity contribution in [3.05, 3.63) is 35.7 Å². The fraction of sp³-hybridized carbons (Fsp3) is 0.579. The predicted molar refractivity (Wildman–Crippen MR) is 97.2 cm³/mol. The highest BCUT2D eigenvalue weighted by Crippen LogP contribution is 2.26. The van der Waals surface area contributed by atoms with Gasteiger partial charge in [0.2, 0.25) is 11.8 Å². The van der Waals surface area contributed by atoms with Crippen LogP contribution in [0.25, 0.3) is 11.5 Å². The first-order valence-electron chi connectivity index (χ1n) is 9.00. The third kappa shape index (κ3) is 4.26. The van der Waals surface area contributed by atoms with Gasteiger partial charge in [0.15, 0.2) is 0 Å². The zero-order chi connectivity index (χ0) is 18.0. The number of benzene rings is 1. The van der Waals surface area contributed by atoms with E-state index in [2.05, 4.69) is 40.8 Å². The van der Waals surface area contributed by atoms with E-state index in [4.69, 9.17) is 4.42 Å². The minimum Gasteiger partial charge on any atom is -0.419 e. The van der Waals surface area contributed by atoms with Gasteiger partial charge in [-0.15, -0.1) is 10.2 Å². The van der Waals surface area contributed by atoms with E-state index < -0.39 is 0 Å². The van der Waals surface area contributed by atoms with Crippen LogP contribution in [0.15, 0.2) is 28.7 Å². The first-order valence-corrected chi connectivity index (χ1v) is 9.00. The van der Waals surface area contributed by atoms with Crippen molar-refractivity contribution < 1.29 is 9.52 Å². The van der Waals surface area contributed by atoms with Crippen LogP contribution in [0.4, 0.5) is 0 Å². The molecule has 2 heterocycles. The molecule has 1 N–H and O–H groups in total. The third-order valence-corrected chi connectivity index (χ3v) is 4.94. The highest BCUT2D eigenvalue weighted by Gasteiger charge is 2.30. The molecule has 0 amide bonds. The van der Waals surface area contributed by atoms with Gasteiger partial charge in [0.1, 0.15) is 0 Å². The number of aliphatic hydroxyl groups is 1. The fourth-order valence-electron chi connectivity index (χ4n) is 3.36. The number of hydrogen-bond acceptors (Lipinski definition) is 6. The SMILES string of the molecule is Cc1ccc(-c2nnc(C(C)N3CCN(CC(C)O)C(C)C3)o2)cc1. The third-order valence-electron chi connectivity index (χ3n) is 4.94. The molecule has 0 spiro atoms. The second-order valence-corrected chi connectivity index (χ2v) is 7.18. The summed E-state index contributed by atoms with van der Waals surface area (Å²) in [6, 6.07) is 8.59. The number of hydrogen-bond donors (Lipinski definition) is 1. The molecule has 1 aliphatic rings. The van der Waals surface area contributed by atoms with Crippen molar-refractivity contribution in [1.82, 2.24) is 20.0 Å². The van der Waals surface area contributed by atoms with Crippen LogP contribution in [-0.4, -0.2) is 63.4 Å². The highest BCUT2D eigenvalue weighted by atomic mass is 16.4. The summed E-state index contributed by atoms with van der Waals surface area (Å²) in [6.45, 7) is 11.7. The molecule has 1 aromatic heterocycles. The van der Waals surface area contributed by atoms with Crippen molar-refractivity contribution in [2.45, 2.75) is 45.9 Å². The Bertz CT molecular complexity index is 683. The van der Waals surface area contributed by atoms with E-state index in [1.165, 1.54) is 5.56 Å². The van der Waals surface area contributed by atoms with Crippen LogP contribution in [0.2, 0.25) is 0 Å². The highest BCUT2D eigenvalue weighted by molar-refractivity contribution is 5.52. The van der Waals surface area contributed by atoms with Gasteiger partial charge in [0, 0.05) is 37.8 Å². The van der Waals surface area contributed by atoms with Crippen LogP contribution in [0, 0.1) is 6.92 Å². The summed E-state index contributed by atoms with van der Waals surface area (Å²) in [5.74, 6) is 1.23. The standard InChI is InChI=1S/C19H28N4O2/c1-13-5-7-17(8-6-13)19-21-20-18(25-19)16(4)23-10-9-22(12-15(3)24)14(2)11-23/h5-8,14-16,24H,9-12H2,1-4H3. The zero-order valence-electron chi connectivity index (χ0n) is 15.5. The number of piperazine rings is 1. The van der Waals surface area contributed by atoms with Crippen LogP contribution in [0.3, 0.4) is 0 Å². The van der Waals surface area contributed by atoms with Crippen molar-refractivity contribution in [1.29, 1.82) is 0 Å². The van der Waals surface area contributed by atoms with Gasteiger partial charge < -0.3 is 9.52 Å². The van der Waals surface area contributed by atoms with Gasteiger partial charge >= 0.3 is 0 Å². The molecule has 3 rings (SSSR count). The second kappa shape index (κ2) is 7.64. The molecule has 1 aliphatic heterocycles. The molecule has 1 aromatic carbocycles. The van der Waals surface area contributed by atoms with Crippen molar-refractivity contribution in [2.75, 3.05) is 26.2 Å². The zero-order valence-corrected chi connectivity index (χ0v) is 15.5. The van der Waals surface area contributed by atoms with Crippen LogP contribution < -0.4 is 0 Å². The number of rotatable bonds is 5. The summed E-state index contributed by atoms with van der Waals surface area (Å²) in [5, 5.41) is 18.1. The Hall–Kier alpha value is -1.76. The Morgan fingerprint density at radius 1 is 1.20 bits per heavy atom. The Balaban J connectivity index is 1.66. The van der Waals surface area contributed by atoms with Gasteiger partial charge in [0.25, 0.3) is 0 Å². The molecule has 2 aromatic rings. The Labute approximate surface area is 149 Å². The maximum absolute atomic E-state index is 9.62. The summed E-state index contributed by atoms with van der Waals surface area (Å²) < 4.78 is 5.93. The summed E-state index contributed by atoms with van der Waals surface area (Å²) >= 11 is 0. The van der Waals surface area contributed by atoms with E-state index in [0.717, 1.165) is 31.7 Å². The fourth-order valence-corrected chi connectivity index (χ4v) is 3.36. The number of aryl methyl sites for hydroxylation is 1. The number of nitrogens with zero attached hydrogens (tertiary/aromatic N) is 4. The van der Waals surface area contributed by atoms with Gasteiger partial charge in [0.05, 0.1) is 12.1 Å². The Morgan fingerprint density at radius 3 is 2.56 bits per heavy atom. The first kappa shape index (κ1) is 18.0. The molecule has 0 radical (unpaired) electrons. The van der Waals surface area contributed by atoms with Gasteiger partial charge in [-0.25, -0.2) is 0 Å². The number of β-amino-alcohol motifs (C(OH)–C–C–N with tert-alkyl or cyclic N) is 1. The lowest BCUT2D eigenvalue weighted by atomic mass is 10.1. The number of aromatic nitrogens is 2. The second-order valence-electron chi connectivity index (χ2n) is 7.18.